The van der Waals surface area contributed by atoms with Gasteiger partial charge in [-0.05, 0) is 23.8 Å². The van der Waals surface area contributed by atoms with E-state index in [0.29, 0.717) is 16.3 Å². The molecule has 2 aromatic heterocycles. The summed E-state index contributed by atoms with van der Waals surface area (Å²) in [5.74, 6) is 0.457. The van der Waals surface area contributed by atoms with E-state index in [-0.39, 0.29) is 15.6 Å². The van der Waals surface area contributed by atoms with E-state index in [1.807, 2.05) is 6.20 Å². The summed E-state index contributed by atoms with van der Waals surface area (Å²) in [4.78, 5) is 4.17. The van der Waals surface area contributed by atoms with Gasteiger partial charge in [0, 0.05) is 25.4 Å². The van der Waals surface area contributed by atoms with E-state index in [1.54, 1.807) is 30.1 Å². The van der Waals surface area contributed by atoms with Gasteiger partial charge in [0.15, 0.2) is 0 Å². The Morgan fingerprint density at radius 1 is 1.25 bits per heavy atom. The highest BCUT2D eigenvalue weighted by Crippen LogP contribution is 2.32. The van der Waals surface area contributed by atoms with Crippen LogP contribution in [0.15, 0.2) is 45.9 Å². The molecule has 0 atom stereocenters. The maximum atomic E-state index is 12.9. The molecule has 3 aromatic rings. The molecule has 3 rings (SSSR count). The number of benzene rings is 1. The number of aryl methyl sites for hydroxylation is 1. The highest BCUT2D eigenvalue weighted by molar-refractivity contribution is 7.93. The Labute approximate surface area is 143 Å². The first-order chi connectivity index (χ1) is 11.4. The fourth-order valence-corrected chi connectivity index (χ4v) is 4.73. The zero-order valence-electron chi connectivity index (χ0n) is 13.1. The highest BCUT2D eigenvalue weighted by atomic mass is 32.2. The Balaban J connectivity index is 2.13. The number of methoxy groups -OCH3 is 1. The normalized spacial score (nSPS) is 11.6. The molecule has 2 heterocycles. The molecule has 126 valence electrons. The number of thiazole rings is 1. The van der Waals surface area contributed by atoms with Crippen LogP contribution in [0.5, 0.6) is 5.75 Å². The number of rotatable bonds is 5. The minimum atomic E-state index is -3.69. The van der Waals surface area contributed by atoms with Crippen LogP contribution in [0.2, 0.25) is 0 Å². The molecule has 0 aliphatic carbocycles. The molecule has 0 aliphatic heterocycles. The fraction of sp³-hybridized carbons (Fsp3) is 0.200. The third kappa shape index (κ3) is 3.05. The Bertz CT molecular complexity index is 976. The second-order valence-corrected chi connectivity index (χ2v) is 8.37. The number of hydrogen-bond donors (Lipinski definition) is 1. The van der Waals surface area contributed by atoms with Gasteiger partial charge in [0.2, 0.25) is 9.84 Å². The lowest BCUT2D eigenvalue weighted by Crippen LogP contribution is -2.01. The van der Waals surface area contributed by atoms with Crippen LogP contribution in [0.25, 0.3) is 11.1 Å². The van der Waals surface area contributed by atoms with Crippen LogP contribution >= 0.6 is 11.3 Å². The van der Waals surface area contributed by atoms with Gasteiger partial charge in [0.25, 0.3) is 0 Å². The first-order valence-corrected chi connectivity index (χ1v) is 9.32. The Hall–Kier alpha value is -2.23. The smallest absolute Gasteiger partial charge is 0.217 e. The molecule has 24 heavy (non-hydrogen) atoms. The van der Waals surface area contributed by atoms with Gasteiger partial charge in [0.1, 0.15) is 15.0 Å². The molecular weight excluding hydrogens is 348 g/mol. The number of aromatic nitrogens is 3. The number of nitrogens with two attached hydrogens (primary N) is 1. The molecule has 0 radical (unpaired) electrons. The molecule has 0 spiro atoms. The van der Waals surface area contributed by atoms with Crippen LogP contribution in [-0.2, 0) is 23.4 Å². The summed E-state index contributed by atoms with van der Waals surface area (Å²) in [6.45, 7) is 0.208. The lowest BCUT2D eigenvalue weighted by molar-refractivity contribution is 0.413. The average molecular weight is 364 g/mol. The summed E-state index contributed by atoms with van der Waals surface area (Å²) in [5.41, 5.74) is 7.03. The third-order valence-corrected chi connectivity index (χ3v) is 6.65. The molecule has 0 saturated carbocycles. The zero-order valence-corrected chi connectivity index (χ0v) is 14.8. The van der Waals surface area contributed by atoms with Crippen molar-refractivity contribution in [1.29, 1.82) is 0 Å². The Morgan fingerprint density at radius 2 is 2.04 bits per heavy atom. The van der Waals surface area contributed by atoms with E-state index in [4.69, 9.17) is 10.5 Å². The van der Waals surface area contributed by atoms with Crippen LogP contribution in [0.3, 0.4) is 0 Å². The highest BCUT2D eigenvalue weighted by Gasteiger charge is 2.22. The summed E-state index contributed by atoms with van der Waals surface area (Å²) < 4.78 is 32.8. The second kappa shape index (κ2) is 6.34. The molecule has 0 bridgehead atoms. The average Bonchev–Trinajstić information content (AvgIpc) is 3.23. The van der Waals surface area contributed by atoms with E-state index < -0.39 is 9.84 Å². The summed E-state index contributed by atoms with van der Waals surface area (Å²) in [7, 11) is -0.395. The van der Waals surface area contributed by atoms with Gasteiger partial charge >= 0.3 is 0 Å². The summed E-state index contributed by atoms with van der Waals surface area (Å²) in [6, 6.07) is 4.88. The molecule has 9 heteroatoms. The van der Waals surface area contributed by atoms with Gasteiger partial charge in [-0.15, -0.1) is 11.3 Å². The quantitative estimate of drug-likeness (QED) is 0.741. The van der Waals surface area contributed by atoms with E-state index in [0.717, 1.165) is 16.9 Å². The summed E-state index contributed by atoms with van der Waals surface area (Å²) in [5, 5.41) is 4.69. The Morgan fingerprint density at radius 3 is 2.62 bits per heavy atom. The number of nitrogens with zero attached hydrogens (tertiary/aromatic N) is 3. The SMILES string of the molecule is COc1cc(-c2cnn(C)c2)cc(S(=O)(=O)c2cnc(CN)s2)c1. The van der Waals surface area contributed by atoms with E-state index in [1.165, 1.54) is 19.4 Å². The van der Waals surface area contributed by atoms with Crippen molar-refractivity contribution in [3.63, 3.8) is 0 Å². The molecule has 0 saturated heterocycles. The van der Waals surface area contributed by atoms with E-state index in [2.05, 4.69) is 10.1 Å². The maximum absolute atomic E-state index is 12.9. The number of ether oxygens (including phenoxy) is 1. The van der Waals surface area contributed by atoms with Crippen LogP contribution in [-0.4, -0.2) is 30.3 Å². The van der Waals surface area contributed by atoms with Gasteiger partial charge in [-0.1, -0.05) is 0 Å². The van der Waals surface area contributed by atoms with Crippen molar-refractivity contribution in [2.45, 2.75) is 15.6 Å². The summed E-state index contributed by atoms with van der Waals surface area (Å²) >= 11 is 1.07. The van der Waals surface area contributed by atoms with Gasteiger partial charge in [-0.25, -0.2) is 13.4 Å². The number of hydrogen-bond acceptors (Lipinski definition) is 7. The van der Waals surface area contributed by atoms with Crippen molar-refractivity contribution < 1.29 is 13.2 Å². The largest absolute Gasteiger partial charge is 0.497 e. The maximum Gasteiger partial charge on any atom is 0.217 e. The van der Waals surface area contributed by atoms with Crippen LogP contribution in [0.1, 0.15) is 5.01 Å². The van der Waals surface area contributed by atoms with E-state index in [9.17, 15) is 8.42 Å². The topological polar surface area (TPSA) is 100 Å². The molecule has 0 fully saturated rings. The van der Waals surface area contributed by atoms with Crippen LogP contribution in [0.4, 0.5) is 0 Å². The molecule has 1 aromatic carbocycles. The third-order valence-electron chi connectivity index (χ3n) is 3.44. The summed E-state index contributed by atoms with van der Waals surface area (Å²) in [6.07, 6.45) is 4.82. The van der Waals surface area contributed by atoms with Crippen LogP contribution in [0, 0.1) is 0 Å². The van der Waals surface area contributed by atoms with Gasteiger partial charge in [-0.3, -0.25) is 4.68 Å². The van der Waals surface area contributed by atoms with Crippen molar-refractivity contribution in [3.05, 3.63) is 41.8 Å². The van der Waals surface area contributed by atoms with Crippen molar-refractivity contribution in [2.24, 2.45) is 12.8 Å². The standard InChI is InChI=1S/C15H16N4O3S2/c1-19-9-11(7-18-19)10-3-12(22-2)5-13(4-10)24(20,21)15-8-17-14(6-16)23-15/h3-5,7-9H,6,16H2,1-2H3. The second-order valence-electron chi connectivity index (χ2n) is 5.08. The van der Waals surface area contributed by atoms with Gasteiger partial charge in [0.05, 0.1) is 24.4 Å². The first kappa shape index (κ1) is 16.6. The van der Waals surface area contributed by atoms with E-state index >= 15 is 0 Å². The predicted molar refractivity (Wildman–Crippen MR) is 90.7 cm³/mol. The minimum Gasteiger partial charge on any atom is -0.497 e. The first-order valence-electron chi connectivity index (χ1n) is 7.02. The Kier molecular flexibility index (Phi) is 4.39. The molecule has 0 aliphatic rings. The fourth-order valence-electron chi connectivity index (χ4n) is 2.21. The molecule has 0 unspecified atom stereocenters. The van der Waals surface area contributed by atoms with Gasteiger partial charge in [-0.2, -0.15) is 5.10 Å². The van der Waals surface area contributed by atoms with Crippen molar-refractivity contribution in [2.75, 3.05) is 7.11 Å². The molecule has 2 N–H and O–H groups in total. The lowest BCUT2D eigenvalue weighted by atomic mass is 10.1. The predicted octanol–water partition coefficient (Wildman–Crippen LogP) is 1.84. The molecule has 0 amide bonds. The number of sulfone groups is 1. The zero-order chi connectivity index (χ0) is 17.3. The molecular formula is C15H16N4O3S2. The monoisotopic (exact) mass is 364 g/mol. The molecule has 7 nitrogen and oxygen atoms in total. The van der Waals surface area contributed by atoms with Crippen molar-refractivity contribution in [3.8, 4) is 16.9 Å². The van der Waals surface area contributed by atoms with Crippen LogP contribution < -0.4 is 10.5 Å². The van der Waals surface area contributed by atoms with Crippen molar-refractivity contribution in [1.82, 2.24) is 14.8 Å². The van der Waals surface area contributed by atoms with Gasteiger partial charge < -0.3 is 10.5 Å². The minimum absolute atomic E-state index is 0.146. The lowest BCUT2D eigenvalue weighted by Gasteiger charge is -2.08. The van der Waals surface area contributed by atoms with Crippen molar-refractivity contribution >= 4 is 21.2 Å².